The topological polar surface area (TPSA) is 62.9 Å². The number of furan rings is 1. The number of halogens is 1. The lowest BCUT2D eigenvalue weighted by molar-refractivity contribution is -0.123. The summed E-state index contributed by atoms with van der Waals surface area (Å²) in [5.41, 5.74) is -0.565. The number of rotatable bonds is 6. The van der Waals surface area contributed by atoms with E-state index in [1.54, 1.807) is 18.2 Å². The van der Waals surface area contributed by atoms with Crippen molar-refractivity contribution in [1.82, 2.24) is 0 Å². The first-order valence-corrected chi connectivity index (χ1v) is 8.39. The van der Waals surface area contributed by atoms with Crippen molar-refractivity contribution in [3.05, 3.63) is 48.2 Å². The van der Waals surface area contributed by atoms with Crippen LogP contribution in [0.4, 0.5) is 10.1 Å². The quantitative estimate of drug-likeness (QED) is 0.866. The van der Waals surface area contributed by atoms with E-state index in [1.807, 2.05) is 0 Å². The summed E-state index contributed by atoms with van der Waals surface area (Å²) in [4.78, 5) is 14.3. The van der Waals surface area contributed by atoms with E-state index >= 15 is 0 Å². The van der Waals surface area contributed by atoms with E-state index < -0.39 is 11.4 Å². The highest BCUT2D eigenvalue weighted by Gasteiger charge is 2.35. The van der Waals surface area contributed by atoms with E-state index in [4.69, 9.17) is 9.15 Å². The summed E-state index contributed by atoms with van der Waals surface area (Å²) >= 11 is 0. The molecule has 0 unspecified atom stereocenters. The Bertz CT molecular complexity index is 723. The van der Waals surface area contributed by atoms with Gasteiger partial charge in [-0.3, -0.25) is 4.79 Å². The number of carbonyl (C=O) groups is 1. The van der Waals surface area contributed by atoms with Crippen LogP contribution >= 0.6 is 0 Å². The van der Waals surface area contributed by atoms with Gasteiger partial charge in [0.15, 0.2) is 11.6 Å². The molecule has 6 heteroatoms. The largest absolute Gasteiger partial charge is 0.494 e. The molecular formula is C19H22FNO4. The van der Waals surface area contributed by atoms with Crippen LogP contribution in [0.1, 0.15) is 37.9 Å². The Morgan fingerprint density at radius 2 is 2.12 bits per heavy atom. The number of anilines is 1. The van der Waals surface area contributed by atoms with Crippen LogP contribution in [0.3, 0.4) is 0 Å². The van der Waals surface area contributed by atoms with E-state index in [2.05, 4.69) is 0 Å². The van der Waals surface area contributed by atoms with Crippen molar-refractivity contribution in [1.29, 1.82) is 0 Å². The van der Waals surface area contributed by atoms with Gasteiger partial charge in [-0.25, -0.2) is 4.39 Å². The Balaban J connectivity index is 1.86. The Hall–Kier alpha value is -2.34. The molecule has 1 aromatic carbocycles. The average molecular weight is 347 g/mol. The third-order valence-corrected chi connectivity index (χ3v) is 4.66. The summed E-state index contributed by atoms with van der Waals surface area (Å²) in [6.07, 6.45) is 4.60. The molecule has 1 saturated carbocycles. The van der Waals surface area contributed by atoms with Crippen molar-refractivity contribution in [2.75, 3.05) is 12.0 Å². The molecule has 0 saturated heterocycles. The van der Waals surface area contributed by atoms with Gasteiger partial charge >= 0.3 is 0 Å². The first kappa shape index (κ1) is 17.5. The predicted octanol–water partition coefficient (Wildman–Crippen LogP) is 3.66. The number of benzene rings is 1. The second kappa shape index (κ2) is 7.27. The maximum atomic E-state index is 14.1. The lowest BCUT2D eigenvalue weighted by atomic mass is 9.97. The van der Waals surface area contributed by atoms with Gasteiger partial charge in [0.1, 0.15) is 5.76 Å². The van der Waals surface area contributed by atoms with E-state index in [-0.39, 0.29) is 24.6 Å². The SMILES string of the molecule is COc1ccc(N(Cc2ccco2)C(=O)CC2(O)CCCC2)cc1F. The maximum absolute atomic E-state index is 14.1. The number of amides is 1. The first-order chi connectivity index (χ1) is 12.0. The zero-order valence-electron chi connectivity index (χ0n) is 14.2. The van der Waals surface area contributed by atoms with Crippen LogP contribution in [0, 0.1) is 5.82 Å². The van der Waals surface area contributed by atoms with Crippen LogP contribution < -0.4 is 9.64 Å². The number of hydrogen-bond acceptors (Lipinski definition) is 4. The Morgan fingerprint density at radius 3 is 2.72 bits per heavy atom. The highest BCUT2D eigenvalue weighted by Crippen LogP contribution is 2.34. The van der Waals surface area contributed by atoms with Crippen molar-refractivity contribution in [2.45, 2.75) is 44.2 Å². The zero-order valence-corrected chi connectivity index (χ0v) is 14.2. The van der Waals surface area contributed by atoms with E-state index in [0.717, 1.165) is 12.8 Å². The van der Waals surface area contributed by atoms with Crippen molar-refractivity contribution in [3.63, 3.8) is 0 Å². The van der Waals surface area contributed by atoms with Crippen LogP contribution in [0.5, 0.6) is 5.75 Å². The van der Waals surface area contributed by atoms with Crippen molar-refractivity contribution < 1.29 is 23.4 Å². The third-order valence-electron chi connectivity index (χ3n) is 4.66. The van der Waals surface area contributed by atoms with Crippen LogP contribution in [0.2, 0.25) is 0 Å². The summed E-state index contributed by atoms with van der Waals surface area (Å²) in [5.74, 6) is -0.103. The summed E-state index contributed by atoms with van der Waals surface area (Å²) in [5, 5.41) is 10.6. The molecule has 134 valence electrons. The fourth-order valence-corrected chi connectivity index (χ4v) is 3.29. The summed E-state index contributed by atoms with van der Waals surface area (Å²) < 4.78 is 24.4. The van der Waals surface area contributed by atoms with Crippen LogP contribution in [0.15, 0.2) is 41.0 Å². The number of hydrogen-bond donors (Lipinski definition) is 1. The summed E-state index contributed by atoms with van der Waals surface area (Å²) in [6, 6.07) is 7.86. The van der Waals surface area contributed by atoms with E-state index in [1.165, 1.54) is 30.4 Å². The minimum absolute atomic E-state index is 0.0152. The second-order valence-corrected chi connectivity index (χ2v) is 6.49. The average Bonchev–Trinajstić information content (AvgIpc) is 3.24. The standard InChI is InChI=1S/C19H22FNO4/c1-24-17-7-6-14(11-16(17)20)21(13-15-5-4-10-25-15)18(22)12-19(23)8-2-3-9-19/h4-7,10-11,23H,2-3,8-9,12-13H2,1H3. The third kappa shape index (κ3) is 4.02. The smallest absolute Gasteiger partial charge is 0.230 e. The first-order valence-electron chi connectivity index (χ1n) is 8.39. The van der Waals surface area contributed by atoms with Gasteiger partial charge in [-0.2, -0.15) is 0 Å². The Kier molecular flexibility index (Phi) is 5.08. The molecule has 0 atom stereocenters. The normalized spacial score (nSPS) is 16.0. The minimum Gasteiger partial charge on any atom is -0.494 e. The van der Waals surface area contributed by atoms with Crippen LogP contribution in [0.25, 0.3) is 0 Å². The Labute approximate surface area is 146 Å². The molecule has 0 aliphatic heterocycles. The lowest BCUT2D eigenvalue weighted by Gasteiger charge is -2.27. The molecule has 3 rings (SSSR count). The van der Waals surface area contributed by atoms with Gasteiger partial charge in [0.25, 0.3) is 0 Å². The van der Waals surface area contributed by atoms with Gasteiger partial charge < -0.3 is 19.2 Å². The number of ether oxygens (including phenoxy) is 1. The van der Waals surface area contributed by atoms with Crippen molar-refractivity contribution in [3.8, 4) is 5.75 Å². The van der Waals surface area contributed by atoms with Gasteiger partial charge in [-0.05, 0) is 37.1 Å². The summed E-state index contributed by atoms with van der Waals surface area (Å²) in [7, 11) is 1.39. The molecule has 2 aromatic rings. The van der Waals surface area contributed by atoms with Crippen LogP contribution in [-0.2, 0) is 11.3 Å². The molecule has 0 spiro atoms. The number of methoxy groups -OCH3 is 1. The number of carbonyl (C=O) groups excluding carboxylic acids is 1. The minimum atomic E-state index is -0.969. The Morgan fingerprint density at radius 1 is 1.36 bits per heavy atom. The van der Waals surface area contributed by atoms with Gasteiger partial charge in [-0.15, -0.1) is 0 Å². The molecule has 1 aliphatic carbocycles. The maximum Gasteiger partial charge on any atom is 0.230 e. The van der Waals surface area contributed by atoms with Gasteiger partial charge in [0.05, 0.1) is 31.9 Å². The molecule has 1 aliphatic rings. The highest BCUT2D eigenvalue weighted by atomic mass is 19.1. The highest BCUT2D eigenvalue weighted by molar-refractivity contribution is 5.94. The molecule has 1 amide bonds. The molecule has 0 radical (unpaired) electrons. The molecule has 0 bridgehead atoms. The predicted molar refractivity (Wildman–Crippen MR) is 90.9 cm³/mol. The number of aliphatic hydroxyl groups is 1. The van der Waals surface area contributed by atoms with Crippen molar-refractivity contribution >= 4 is 11.6 Å². The zero-order chi connectivity index (χ0) is 17.9. The van der Waals surface area contributed by atoms with Crippen molar-refractivity contribution in [2.24, 2.45) is 0 Å². The summed E-state index contributed by atoms with van der Waals surface area (Å²) in [6.45, 7) is 0.174. The monoisotopic (exact) mass is 347 g/mol. The molecule has 25 heavy (non-hydrogen) atoms. The van der Waals surface area contributed by atoms with Gasteiger partial charge in [0, 0.05) is 11.8 Å². The lowest BCUT2D eigenvalue weighted by Crippen LogP contribution is -2.37. The van der Waals surface area contributed by atoms with Gasteiger partial charge in [-0.1, -0.05) is 12.8 Å². The fourth-order valence-electron chi connectivity index (χ4n) is 3.29. The fraction of sp³-hybridized carbons (Fsp3) is 0.421. The van der Waals surface area contributed by atoms with Crippen LogP contribution in [-0.4, -0.2) is 23.7 Å². The number of nitrogens with zero attached hydrogens (tertiary/aromatic N) is 1. The van der Waals surface area contributed by atoms with Gasteiger partial charge in [0.2, 0.25) is 5.91 Å². The second-order valence-electron chi connectivity index (χ2n) is 6.49. The molecule has 1 heterocycles. The molecule has 1 fully saturated rings. The molecule has 5 nitrogen and oxygen atoms in total. The molecular weight excluding hydrogens is 325 g/mol. The van der Waals surface area contributed by atoms with E-state index in [9.17, 15) is 14.3 Å². The molecule has 1 aromatic heterocycles. The molecule has 1 N–H and O–H groups in total. The van der Waals surface area contributed by atoms with E-state index in [0.29, 0.717) is 24.3 Å².